The molecule has 0 heterocycles. The Labute approximate surface area is 133 Å². The van der Waals surface area contributed by atoms with Gasteiger partial charge in [0.15, 0.2) is 0 Å². The Hall–Kier alpha value is 0.590. The summed E-state index contributed by atoms with van der Waals surface area (Å²) in [6.45, 7) is 6.80. The minimum atomic E-state index is 0.843. The Morgan fingerprint density at radius 1 is 1.05 bits per heavy atom. The van der Waals surface area contributed by atoms with Gasteiger partial charge < -0.3 is 4.90 Å². The number of hydrogen-bond donors (Lipinski definition) is 0. The summed E-state index contributed by atoms with van der Waals surface area (Å²) in [7, 11) is 3.90. The van der Waals surface area contributed by atoms with E-state index in [1.807, 2.05) is 21.6 Å². The van der Waals surface area contributed by atoms with Gasteiger partial charge in [-0.2, -0.15) is 0 Å². The van der Waals surface area contributed by atoms with Crippen LogP contribution in [0.3, 0.4) is 0 Å². The van der Waals surface area contributed by atoms with Gasteiger partial charge in [0, 0.05) is 18.3 Å². The van der Waals surface area contributed by atoms with Crippen molar-refractivity contribution in [1.82, 2.24) is 4.90 Å². The molecule has 4 heteroatoms. The van der Waals surface area contributed by atoms with Gasteiger partial charge >= 0.3 is 0 Å². The molecule has 0 saturated heterocycles. The number of nitrogens with zero attached hydrogens (tertiary/aromatic N) is 1. The Kier molecular flexibility index (Phi) is 10.5. The first-order chi connectivity index (χ1) is 9.27. The molecule has 0 aliphatic heterocycles. The second kappa shape index (κ2) is 11.3. The largest absolute Gasteiger partial charge is 0.357 e. The first-order valence-corrected chi connectivity index (χ1v) is 10.5. The van der Waals surface area contributed by atoms with Gasteiger partial charge in [0.2, 0.25) is 0 Å². The van der Waals surface area contributed by atoms with Crippen LogP contribution >= 0.6 is 33.8 Å². The van der Waals surface area contributed by atoms with E-state index in [1.165, 1.54) is 57.8 Å². The highest BCUT2D eigenvalue weighted by molar-refractivity contribution is 8.83. The second-order valence-electron chi connectivity index (χ2n) is 5.40. The van der Waals surface area contributed by atoms with Crippen molar-refractivity contribution in [3.05, 3.63) is 0 Å². The molecule has 0 aromatic rings. The SMILES string of the molecule is CCCCN(CCCC)C(=S)SSC1CCCCC1. The summed E-state index contributed by atoms with van der Waals surface area (Å²) in [6, 6.07) is 0. The molecule has 0 amide bonds. The van der Waals surface area contributed by atoms with E-state index < -0.39 is 0 Å². The highest BCUT2D eigenvalue weighted by Crippen LogP contribution is 2.37. The molecular formula is C15H29NS3. The molecule has 1 saturated carbocycles. The zero-order chi connectivity index (χ0) is 13.9. The fraction of sp³-hybridized carbons (Fsp3) is 0.933. The monoisotopic (exact) mass is 319 g/mol. The summed E-state index contributed by atoms with van der Waals surface area (Å²) in [5.74, 6) is 0. The van der Waals surface area contributed by atoms with Gasteiger partial charge in [-0.3, -0.25) is 0 Å². The molecule has 1 aliphatic rings. The molecule has 1 rings (SSSR count). The average molecular weight is 320 g/mol. The van der Waals surface area contributed by atoms with Gasteiger partial charge in [-0.15, -0.1) is 0 Å². The molecule has 0 aromatic heterocycles. The molecule has 0 unspecified atom stereocenters. The van der Waals surface area contributed by atoms with Crippen molar-refractivity contribution < 1.29 is 0 Å². The normalized spacial score (nSPS) is 16.5. The molecule has 1 aliphatic carbocycles. The van der Waals surface area contributed by atoms with Crippen molar-refractivity contribution in [1.29, 1.82) is 0 Å². The minimum Gasteiger partial charge on any atom is -0.357 e. The highest BCUT2D eigenvalue weighted by atomic mass is 33.1. The van der Waals surface area contributed by atoms with Crippen LogP contribution in [-0.2, 0) is 0 Å². The van der Waals surface area contributed by atoms with E-state index in [0.29, 0.717) is 0 Å². The van der Waals surface area contributed by atoms with Crippen LogP contribution in [0.2, 0.25) is 0 Å². The fourth-order valence-corrected chi connectivity index (χ4v) is 5.43. The number of unbranched alkanes of at least 4 members (excludes halogenated alkanes) is 2. The first-order valence-electron chi connectivity index (χ1n) is 7.90. The number of thiocarbonyl (C=S) groups is 1. The third kappa shape index (κ3) is 7.81. The van der Waals surface area contributed by atoms with Crippen molar-refractivity contribution >= 4 is 38.1 Å². The van der Waals surface area contributed by atoms with Crippen molar-refractivity contribution in [2.24, 2.45) is 0 Å². The van der Waals surface area contributed by atoms with Gasteiger partial charge in [-0.1, -0.05) is 69.0 Å². The molecule has 0 bridgehead atoms. The van der Waals surface area contributed by atoms with Gasteiger partial charge in [0.25, 0.3) is 0 Å². The predicted octanol–water partition coefficient (Wildman–Crippen LogP) is 5.89. The van der Waals surface area contributed by atoms with E-state index in [2.05, 4.69) is 18.7 Å². The summed E-state index contributed by atoms with van der Waals surface area (Å²) >= 11 is 5.64. The van der Waals surface area contributed by atoms with Crippen molar-refractivity contribution in [3.8, 4) is 0 Å². The van der Waals surface area contributed by atoms with Crippen LogP contribution in [0.4, 0.5) is 0 Å². The van der Waals surface area contributed by atoms with Crippen LogP contribution in [0.15, 0.2) is 0 Å². The van der Waals surface area contributed by atoms with Crippen molar-refractivity contribution in [2.45, 2.75) is 76.9 Å². The van der Waals surface area contributed by atoms with Crippen molar-refractivity contribution in [3.63, 3.8) is 0 Å². The van der Waals surface area contributed by atoms with Gasteiger partial charge in [-0.05, 0) is 36.5 Å². The summed E-state index contributed by atoms with van der Waals surface area (Å²) in [4.78, 5) is 2.43. The molecule has 112 valence electrons. The molecule has 19 heavy (non-hydrogen) atoms. The maximum Gasteiger partial charge on any atom is 0.147 e. The Balaban J connectivity index is 2.28. The van der Waals surface area contributed by atoms with Crippen LogP contribution in [0.1, 0.15) is 71.6 Å². The van der Waals surface area contributed by atoms with Crippen LogP contribution in [-0.4, -0.2) is 27.6 Å². The molecular weight excluding hydrogens is 290 g/mol. The second-order valence-corrected chi connectivity index (χ2v) is 8.53. The standard InChI is InChI=1S/C15H29NS3/c1-3-5-12-16(13-6-4-2)15(17)19-18-14-10-8-7-9-11-14/h14H,3-13H2,1-2H3. The topological polar surface area (TPSA) is 3.24 Å². The molecule has 0 spiro atoms. The summed E-state index contributed by atoms with van der Waals surface area (Å²) < 4.78 is 1.12. The fourth-order valence-electron chi connectivity index (χ4n) is 2.32. The zero-order valence-corrected chi connectivity index (χ0v) is 15.0. The Bertz CT molecular complexity index is 232. The lowest BCUT2D eigenvalue weighted by molar-refractivity contribution is 0.411. The molecule has 1 fully saturated rings. The average Bonchev–Trinajstić information content (AvgIpc) is 2.46. The van der Waals surface area contributed by atoms with E-state index in [9.17, 15) is 0 Å². The van der Waals surface area contributed by atoms with Crippen LogP contribution in [0, 0.1) is 0 Å². The maximum atomic E-state index is 5.64. The van der Waals surface area contributed by atoms with Crippen LogP contribution in [0.5, 0.6) is 0 Å². The van der Waals surface area contributed by atoms with E-state index >= 15 is 0 Å². The Morgan fingerprint density at radius 3 is 2.16 bits per heavy atom. The lowest BCUT2D eigenvalue weighted by Crippen LogP contribution is -2.29. The van der Waals surface area contributed by atoms with E-state index in [1.54, 1.807) is 0 Å². The summed E-state index contributed by atoms with van der Waals surface area (Å²) in [5, 5.41) is 0.843. The third-order valence-electron chi connectivity index (χ3n) is 3.63. The quantitative estimate of drug-likeness (QED) is 0.405. The zero-order valence-electron chi connectivity index (χ0n) is 12.5. The van der Waals surface area contributed by atoms with Gasteiger partial charge in [-0.25, -0.2) is 0 Å². The van der Waals surface area contributed by atoms with E-state index in [-0.39, 0.29) is 0 Å². The summed E-state index contributed by atoms with van der Waals surface area (Å²) in [5.41, 5.74) is 0. The van der Waals surface area contributed by atoms with Gasteiger partial charge in [0.1, 0.15) is 4.32 Å². The van der Waals surface area contributed by atoms with Crippen LogP contribution < -0.4 is 0 Å². The predicted molar refractivity (Wildman–Crippen MR) is 96.0 cm³/mol. The Morgan fingerprint density at radius 2 is 1.63 bits per heavy atom. The molecule has 0 N–H and O–H groups in total. The highest BCUT2D eigenvalue weighted by Gasteiger charge is 2.17. The lowest BCUT2D eigenvalue weighted by atomic mass is 10.0. The maximum absolute atomic E-state index is 5.64. The van der Waals surface area contributed by atoms with E-state index in [4.69, 9.17) is 12.2 Å². The molecule has 1 nitrogen and oxygen atoms in total. The minimum absolute atomic E-state index is 0.843. The van der Waals surface area contributed by atoms with Crippen molar-refractivity contribution in [2.75, 3.05) is 13.1 Å². The molecule has 0 atom stereocenters. The first kappa shape index (κ1) is 17.6. The lowest BCUT2D eigenvalue weighted by Gasteiger charge is -2.26. The number of hydrogen-bond acceptors (Lipinski definition) is 3. The van der Waals surface area contributed by atoms with Crippen LogP contribution in [0.25, 0.3) is 0 Å². The number of rotatable bonds is 8. The van der Waals surface area contributed by atoms with E-state index in [0.717, 1.165) is 22.7 Å². The molecule has 0 radical (unpaired) electrons. The molecule has 0 aromatic carbocycles. The van der Waals surface area contributed by atoms with Gasteiger partial charge in [0.05, 0.1) is 0 Å². The summed E-state index contributed by atoms with van der Waals surface area (Å²) in [6.07, 6.45) is 12.1. The third-order valence-corrected chi connectivity index (χ3v) is 7.27. The smallest absolute Gasteiger partial charge is 0.147 e.